The second kappa shape index (κ2) is 9.84. The molecule has 0 aliphatic rings. The molecule has 160 valence electrons. The summed E-state index contributed by atoms with van der Waals surface area (Å²) in [6.45, 7) is 3.83. The molecule has 0 radical (unpaired) electrons. The van der Waals surface area contributed by atoms with E-state index in [4.69, 9.17) is 14.2 Å². The zero-order valence-electron chi connectivity index (χ0n) is 16.0. The molecule has 0 fully saturated rings. The first-order valence-electron chi connectivity index (χ1n) is 8.86. The second-order valence-electron chi connectivity index (χ2n) is 5.75. The fourth-order valence-corrected chi connectivity index (χ4v) is 3.59. The SMILES string of the molecule is CCOc1ccc(OCC)c(S(=O)(=O)NCCOc2cccc(C(F)(F)F)c2)c1. The fraction of sp³-hybridized carbons (Fsp3) is 0.368. The molecule has 1 N–H and O–H groups in total. The average Bonchev–Trinajstić information content (AvgIpc) is 2.66. The molecular formula is C19H22F3NO5S. The van der Waals surface area contributed by atoms with Crippen molar-refractivity contribution in [3.63, 3.8) is 0 Å². The van der Waals surface area contributed by atoms with Crippen molar-refractivity contribution < 1.29 is 35.8 Å². The molecule has 2 aromatic carbocycles. The molecule has 0 aliphatic carbocycles. The zero-order chi connectivity index (χ0) is 21.5. The van der Waals surface area contributed by atoms with Crippen LogP contribution in [0.1, 0.15) is 19.4 Å². The maximum absolute atomic E-state index is 12.7. The largest absolute Gasteiger partial charge is 0.494 e. The van der Waals surface area contributed by atoms with Gasteiger partial charge in [0.05, 0.1) is 18.8 Å². The van der Waals surface area contributed by atoms with E-state index in [9.17, 15) is 21.6 Å². The highest BCUT2D eigenvalue weighted by molar-refractivity contribution is 7.89. The molecule has 0 spiro atoms. The van der Waals surface area contributed by atoms with Gasteiger partial charge in [0.15, 0.2) is 0 Å². The van der Waals surface area contributed by atoms with Gasteiger partial charge in [-0.3, -0.25) is 0 Å². The molecule has 6 nitrogen and oxygen atoms in total. The third-order valence-electron chi connectivity index (χ3n) is 3.64. The summed E-state index contributed by atoms with van der Waals surface area (Å²) in [5.41, 5.74) is -0.843. The highest BCUT2D eigenvalue weighted by Crippen LogP contribution is 2.31. The molecule has 0 unspecified atom stereocenters. The van der Waals surface area contributed by atoms with Crippen LogP contribution < -0.4 is 18.9 Å². The highest BCUT2D eigenvalue weighted by atomic mass is 32.2. The van der Waals surface area contributed by atoms with E-state index < -0.39 is 21.8 Å². The number of sulfonamides is 1. The van der Waals surface area contributed by atoms with Crippen LogP contribution in [-0.2, 0) is 16.2 Å². The molecule has 0 saturated heterocycles. The Balaban J connectivity index is 2.04. The van der Waals surface area contributed by atoms with E-state index in [2.05, 4.69) is 4.72 Å². The zero-order valence-corrected chi connectivity index (χ0v) is 16.8. The van der Waals surface area contributed by atoms with Gasteiger partial charge in [-0.2, -0.15) is 13.2 Å². The molecule has 2 aromatic rings. The van der Waals surface area contributed by atoms with Crippen LogP contribution in [0.2, 0.25) is 0 Å². The van der Waals surface area contributed by atoms with E-state index >= 15 is 0 Å². The van der Waals surface area contributed by atoms with Crippen LogP contribution in [0.4, 0.5) is 13.2 Å². The lowest BCUT2D eigenvalue weighted by Gasteiger charge is -2.14. The molecular weight excluding hydrogens is 411 g/mol. The van der Waals surface area contributed by atoms with Crippen LogP contribution >= 0.6 is 0 Å². The summed E-state index contributed by atoms with van der Waals surface area (Å²) in [5.74, 6) is 0.533. The molecule has 0 saturated carbocycles. The van der Waals surface area contributed by atoms with Crippen LogP contribution in [0.3, 0.4) is 0 Å². The summed E-state index contributed by atoms with van der Waals surface area (Å²) in [6.07, 6.45) is -4.48. The lowest BCUT2D eigenvalue weighted by atomic mass is 10.2. The maximum atomic E-state index is 12.7. The Bertz CT molecular complexity index is 916. The van der Waals surface area contributed by atoms with Crippen molar-refractivity contribution in [1.29, 1.82) is 0 Å². The van der Waals surface area contributed by atoms with Crippen molar-refractivity contribution >= 4 is 10.0 Å². The molecule has 0 aliphatic heterocycles. The first-order valence-corrected chi connectivity index (χ1v) is 10.3. The first kappa shape index (κ1) is 22.8. The van der Waals surface area contributed by atoms with Crippen LogP contribution in [0.15, 0.2) is 47.4 Å². The number of halogens is 3. The fourth-order valence-electron chi connectivity index (χ4n) is 2.41. The minimum Gasteiger partial charge on any atom is -0.494 e. The van der Waals surface area contributed by atoms with Crippen molar-refractivity contribution in [1.82, 2.24) is 4.72 Å². The Labute approximate surface area is 167 Å². The summed E-state index contributed by atoms with van der Waals surface area (Å²) < 4.78 is 81.7. The summed E-state index contributed by atoms with van der Waals surface area (Å²) in [6, 6.07) is 8.82. The van der Waals surface area contributed by atoms with Gasteiger partial charge in [0, 0.05) is 12.6 Å². The summed E-state index contributed by atoms with van der Waals surface area (Å²) in [5, 5.41) is 0. The Morgan fingerprint density at radius 2 is 1.62 bits per heavy atom. The summed E-state index contributed by atoms with van der Waals surface area (Å²) in [7, 11) is -3.95. The molecule has 0 amide bonds. The molecule has 0 aromatic heterocycles. The monoisotopic (exact) mass is 433 g/mol. The van der Waals surface area contributed by atoms with Crippen molar-refractivity contribution in [2.24, 2.45) is 0 Å². The van der Waals surface area contributed by atoms with Crippen molar-refractivity contribution in [3.8, 4) is 17.2 Å². The molecule has 10 heteroatoms. The third kappa shape index (κ3) is 6.53. The number of nitrogens with one attached hydrogen (secondary N) is 1. The Morgan fingerprint density at radius 3 is 2.28 bits per heavy atom. The first-order chi connectivity index (χ1) is 13.7. The molecule has 0 atom stereocenters. The van der Waals surface area contributed by atoms with Crippen molar-refractivity contribution in [3.05, 3.63) is 48.0 Å². The Morgan fingerprint density at radius 1 is 0.931 bits per heavy atom. The molecule has 0 bridgehead atoms. The standard InChI is InChI=1S/C19H22F3NO5S/c1-3-26-16-8-9-17(27-4-2)18(13-16)29(24,25)23-10-11-28-15-7-5-6-14(12-15)19(20,21)22/h5-9,12-13,23H,3-4,10-11H2,1-2H3. The maximum Gasteiger partial charge on any atom is 0.416 e. The van der Waals surface area contributed by atoms with Crippen molar-refractivity contribution in [2.45, 2.75) is 24.9 Å². The van der Waals surface area contributed by atoms with Gasteiger partial charge in [-0.25, -0.2) is 13.1 Å². The van der Waals surface area contributed by atoms with E-state index in [1.807, 2.05) is 0 Å². The van der Waals surface area contributed by atoms with E-state index in [1.54, 1.807) is 19.9 Å². The van der Waals surface area contributed by atoms with Gasteiger partial charge in [-0.05, 0) is 44.2 Å². The van der Waals surface area contributed by atoms with E-state index in [-0.39, 0.29) is 36.2 Å². The lowest BCUT2D eigenvalue weighted by molar-refractivity contribution is -0.137. The predicted octanol–water partition coefficient (Wildman–Crippen LogP) is 3.86. The van der Waals surface area contributed by atoms with Gasteiger partial charge in [-0.1, -0.05) is 6.07 Å². The number of ether oxygens (including phenoxy) is 3. The molecule has 2 rings (SSSR count). The van der Waals surface area contributed by atoms with Crippen LogP contribution in [-0.4, -0.2) is 34.8 Å². The molecule has 0 heterocycles. The number of benzene rings is 2. The van der Waals surface area contributed by atoms with E-state index in [1.165, 1.54) is 24.3 Å². The quantitative estimate of drug-likeness (QED) is 0.576. The number of hydrogen-bond acceptors (Lipinski definition) is 5. The van der Waals surface area contributed by atoms with Crippen molar-refractivity contribution in [2.75, 3.05) is 26.4 Å². The summed E-state index contributed by atoms with van der Waals surface area (Å²) >= 11 is 0. The van der Waals surface area contributed by atoms with Crippen LogP contribution in [0.5, 0.6) is 17.2 Å². The number of rotatable bonds is 10. The topological polar surface area (TPSA) is 73.9 Å². The Hall–Kier alpha value is -2.46. The van der Waals surface area contributed by atoms with Crippen LogP contribution in [0.25, 0.3) is 0 Å². The van der Waals surface area contributed by atoms with Gasteiger partial charge in [0.1, 0.15) is 28.8 Å². The van der Waals surface area contributed by atoms with Crippen LogP contribution in [0, 0.1) is 0 Å². The second-order valence-corrected chi connectivity index (χ2v) is 7.48. The van der Waals surface area contributed by atoms with Gasteiger partial charge in [0.25, 0.3) is 0 Å². The highest BCUT2D eigenvalue weighted by Gasteiger charge is 2.30. The van der Waals surface area contributed by atoms with E-state index in [0.717, 1.165) is 12.1 Å². The van der Waals surface area contributed by atoms with E-state index in [0.29, 0.717) is 12.4 Å². The normalized spacial score (nSPS) is 11.9. The lowest BCUT2D eigenvalue weighted by Crippen LogP contribution is -2.28. The van der Waals surface area contributed by atoms with Gasteiger partial charge < -0.3 is 14.2 Å². The number of hydrogen-bond donors (Lipinski definition) is 1. The predicted molar refractivity (Wildman–Crippen MR) is 101 cm³/mol. The summed E-state index contributed by atoms with van der Waals surface area (Å²) in [4.78, 5) is -0.0932. The van der Waals surface area contributed by atoms with Gasteiger partial charge >= 0.3 is 6.18 Å². The number of alkyl halides is 3. The molecule has 29 heavy (non-hydrogen) atoms. The minimum absolute atomic E-state index is 0.00706. The Kier molecular flexibility index (Phi) is 7.74. The van der Waals surface area contributed by atoms with Gasteiger partial charge in [0.2, 0.25) is 10.0 Å². The third-order valence-corrected chi connectivity index (χ3v) is 5.12. The smallest absolute Gasteiger partial charge is 0.416 e. The average molecular weight is 433 g/mol. The van der Waals surface area contributed by atoms with Gasteiger partial charge in [-0.15, -0.1) is 0 Å². The minimum atomic E-state index is -4.48.